The summed E-state index contributed by atoms with van der Waals surface area (Å²) >= 11 is 1.12. The molecule has 2 rings (SSSR count). The maximum Gasteiger partial charge on any atom is 0.267 e. The molecule has 0 atom stereocenters. The molecule has 18 heavy (non-hydrogen) atoms. The van der Waals surface area contributed by atoms with Gasteiger partial charge in [-0.2, -0.15) is 0 Å². The Morgan fingerprint density at radius 2 is 2.11 bits per heavy atom. The average Bonchev–Trinajstić information content (AvgIpc) is 2.76. The molecule has 2 heterocycles. The largest absolute Gasteiger partial charge is 0.331 e. The molecule has 1 amide bonds. The van der Waals surface area contributed by atoms with Crippen molar-refractivity contribution in [3.8, 4) is 0 Å². The molecule has 0 N–H and O–H groups in total. The number of hydrogen-bond acceptors (Lipinski definition) is 5. The quantitative estimate of drug-likeness (QED) is 0.776. The van der Waals surface area contributed by atoms with E-state index >= 15 is 0 Å². The lowest BCUT2D eigenvalue weighted by atomic mass is 9.91. The third kappa shape index (κ3) is 2.58. The molecular formula is C12H17N3O2S. The van der Waals surface area contributed by atoms with Crippen molar-refractivity contribution in [2.75, 3.05) is 13.1 Å². The molecule has 0 radical (unpaired) electrons. The van der Waals surface area contributed by atoms with Crippen LogP contribution in [0.1, 0.15) is 49.0 Å². The summed E-state index contributed by atoms with van der Waals surface area (Å²) in [5.74, 6) is 0.0207. The summed E-state index contributed by atoms with van der Waals surface area (Å²) < 4.78 is 3.88. The fourth-order valence-corrected chi connectivity index (χ4v) is 2.82. The van der Waals surface area contributed by atoms with Crippen molar-refractivity contribution < 1.29 is 9.59 Å². The molecule has 0 aromatic carbocycles. The fraction of sp³-hybridized carbons (Fsp3) is 0.667. The first-order valence-electron chi connectivity index (χ1n) is 6.03. The number of nitrogens with zero attached hydrogens (tertiary/aromatic N) is 3. The number of aromatic nitrogens is 2. The topological polar surface area (TPSA) is 63.2 Å². The molecule has 98 valence electrons. The minimum Gasteiger partial charge on any atom is -0.331 e. The summed E-state index contributed by atoms with van der Waals surface area (Å²) in [5.41, 5.74) is 0.508. The molecule has 0 spiro atoms. The molecule has 0 aliphatic carbocycles. The molecule has 1 aromatic heterocycles. The Hall–Kier alpha value is -1.30. The van der Waals surface area contributed by atoms with E-state index in [9.17, 15) is 9.59 Å². The standard InChI is InChI=1S/C12H17N3O2S/c1-12(2,3)10-9(18-14-13-10)11(17)15-6-4-5-8(16)7-15/h4-7H2,1-3H3. The van der Waals surface area contributed by atoms with Crippen molar-refractivity contribution >= 4 is 23.2 Å². The SMILES string of the molecule is CC(C)(C)c1nnsc1C(=O)N1CCCC(=O)C1. The van der Waals surface area contributed by atoms with Gasteiger partial charge in [-0.05, 0) is 18.0 Å². The Kier molecular flexibility index (Phi) is 3.47. The van der Waals surface area contributed by atoms with Gasteiger partial charge in [0.1, 0.15) is 4.88 Å². The van der Waals surface area contributed by atoms with Crippen LogP contribution in [-0.2, 0) is 10.2 Å². The van der Waals surface area contributed by atoms with Crippen molar-refractivity contribution in [3.05, 3.63) is 10.6 Å². The summed E-state index contributed by atoms with van der Waals surface area (Å²) in [7, 11) is 0. The monoisotopic (exact) mass is 267 g/mol. The van der Waals surface area contributed by atoms with Crippen LogP contribution in [0.3, 0.4) is 0 Å². The van der Waals surface area contributed by atoms with Crippen LogP contribution in [0.4, 0.5) is 0 Å². The Labute approximate surface area is 110 Å². The molecule has 1 aliphatic heterocycles. The Balaban J connectivity index is 2.24. The summed E-state index contributed by atoms with van der Waals surface area (Å²) in [5, 5.41) is 4.06. The lowest BCUT2D eigenvalue weighted by Gasteiger charge is -2.26. The zero-order valence-electron chi connectivity index (χ0n) is 10.9. The predicted octanol–water partition coefficient (Wildman–Crippen LogP) is 1.64. The molecule has 0 saturated carbocycles. The highest BCUT2D eigenvalue weighted by Gasteiger charge is 2.30. The molecule has 1 fully saturated rings. The van der Waals surface area contributed by atoms with Gasteiger partial charge in [-0.15, -0.1) is 5.10 Å². The van der Waals surface area contributed by atoms with Crippen LogP contribution >= 0.6 is 11.5 Å². The second kappa shape index (κ2) is 4.76. The maximum atomic E-state index is 12.4. The first-order chi connectivity index (χ1) is 8.39. The zero-order chi connectivity index (χ0) is 13.3. The predicted molar refractivity (Wildman–Crippen MR) is 68.8 cm³/mol. The van der Waals surface area contributed by atoms with Gasteiger partial charge in [0.05, 0.1) is 12.2 Å². The number of likely N-dealkylation sites (tertiary alicyclic amines) is 1. The highest BCUT2D eigenvalue weighted by molar-refractivity contribution is 7.08. The van der Waals surface area contributed by atoms with E-state index in [1.165, 1.54) is 0 Å². The van der Waals surface area contributed by atoms with E-state index in [0.717, 1.165) is 23.6 Å². The van der Waals surface area contributed by atoms with Crippen molar-refractivity contribution in [1.82, 2.24) is 14.5 Å². The number of carbonyl (C=O) groups excluding carboxylic acids is 2. The highest BCUT2D eigenvalue weighted by atomic mass is 32.1. The van der Waals surface area contributed by atoms with Crippen molar-refractivity contribution in [2.45, 2.75) is 39.0 Å². The summed E-state index contributed by atoms with van der Waals surface area (Å²) in [6, 6.07) is 0. The van der Waals surface area contributed by atoms with Gasteiger partial charge in [0.2, 0.25) is 0 Å². The smallest absolute Gasteiger partial charge is 0.267 e. The third-order valence-electron chi connectivity index (χ3n) is 2.93. The number of carbonyl (C=O) groups is 2. The minimum absolute atomic E-state index is 0.108. The van der Waals surface area contributed by atoms with Gasteiger partial charge in [-0.1, -0.05) is 25.3 Å². The van der Waals surface area contributed by atoms with Crippen LogP contribution in [0.5, 0.6) is 0 Å². The maximum absolute atomic E-state index is 12.4. The lowest BCUT2D eigenvalue weighted by molar-refractivity contribution is -0.121. The normalized spacial score (nSPS) is 17.1. The van der Waals surface area contributed by atoms with E-state index in [0.29, 0.717) is 17.8 Å². The molecule has 1 saturated heterocycles. The zero-order valence-corrected chi connectivity index (χ0v) is 11.7. The fourth-order valence-electron chi connectivity index (χ4n) is 1.98. The van der Waals surface area contributed by atoms with Crippen LogP contribution in [-0.4, -0.2) is 39.3 Å². The van der Waals surface area contributed by atoms with Crippen molar-refractivity contribution in [3.63, 3.8) is 0 Å². The van der Waals surface area contributed by atoms with Crippen molar-refractivity contribution in [1.29, 1.82) is 0 Å². The molecule has 0 bridgehead atoms. The molecule has 1 aliphatic rings. The molecule has 6 heteroatoms. The molecular weight excluding hydrogens is 250 g/mol. The number of piperidine rings is 1. The van der Waals surface area contributed by atoms with Crippen LogP contribution in [0.2, 0.25) is 0 Å². The second-order valence-electron chi connectivity index (χ2n) is 5.57. The Morgan fingerprint density at radius 1 is 1.39 bits per heavy atom. The van der Waals surface area contributed by atoms with Gasteiger partial charge in [-0.25, -0.2) is 0 Å². The summed E-state index contributed by atoms with van der Waals surface area (Å²) in [4.78, 5) is 26.0. The van der Waals surface area contributed by atoms with E-state index in [1.54, 1.807) is 4.90 Å². The van der Waals surface area contributed by atoms with Crippen LogP contribution in [0, 0.1) is 0 Å². The molecule has 1 aromatic rings. The molecule has 0 unspecified atom stereocenters. The van der Waals surface area contributed by atoms with Crippen molar-refractivity contribution in [2.24, 2.45) is 0 Å². The van der Waals surface area contributed by atoms with Crippen LogP contribution in [0.25, 0.3) is 0 Å². The number of amides is 1. The van der Waals surface area contributed by atoms with E-state index in [-0.39, 0.29) is 23.7 Å². The van der Waals surface area contributed by atoms with E-state index < -0.39 is 0 Å². The average molecular weight is 267 g/mol. The van der Waals surface area contributed by atoms with Gasteiger partial charge in [0, 0.05) is 18.4 Å². The van der Waals surface area contributed by atoms with Crippen LogP contribution < -0.4 is 0 Å². The second-order valence-corrected chi connectivity index (χ2v) is 6.32. The summed E-state index contributed by atoms with van der Waals surface area (Å²) in [6.45, 7) is 6.87. The number of hydrogen-bond donors (Lipinski definition) is 0. The number of Topliss-reactive ketones (excluding diaryl/α,β-unsaturated/α-hetero) is 1. The minimum atomic E-state index is -0.211. The first-order valence-corrected chi connectivity index (χ1v) is 6.81. The van der Waals surface area contributed by atoms with Gasteiger partial charge < -0.3 is 4.90 Å². The third-order valence-corrected chi connectivity index (χ3v) is 3.64. The number of ketones is 1. The van der Waals surface area contributed by atoms with Gasteiger partial charge in [0.25, 0.3) is 5.91 Å². The van der Waals surface area contributed by atoms with E-state index in [4.69, 9.17) is 0 Å². The first kappa shape index (κ1) is 13.1. The van der Waals surface area contributed by atoms with Gasteiger partial charge >= 0.3 is 0 Å². The van der Waals surface area contributed by atoms with Crippen LogP contribution in [0.15, 0.2) is 0 Å². The van der Waals surface area contributed by atoms with Gasteiger partial charge in [-0.3, -0.25) is 9.59 Å². The van der Waals surface area contributed by atoms with E-state index in [2.05, 4.69) is 9.59 Å². The highest BCUT2D eigenvalue weighted by Crippen LogP contribution is 2.27. The van der Waals surface area contributed by atoms with E-state index in [1.807, 2.05) is 20.8 Å². The lowest BCUT2D eigenvalue weighted by Crippen LogP contribution is -2.40. The van der Waals surface area contributed by atoms with Gasteiger partial charge in [0.15, 0.2) is 5.78 Å². The molecule has 5 nitrogen and oxygen atoms in total. The Bertz CT molecular complexity index is 476. The Morgan fingerprint density at radius 3 is 2.72 bits per heavy atom. The number of rotatable bonds is 1. The summed E-state index contributed by atoms with van der Waals surface area (Å²) in [6.07, 6.45) is 1.33.